The molecule has 100 valence electrons. The lowest BCUT2D eigenvalue weighted by atomic mass is 10.1. The molecule has 0 unspecified atom stereocenters. The molecule has 1 aromatic rings. The molecule has 1 atom stereocenters. The van der Waals surface area contributed by atoms with Gasteiger partial charge in [-0.05, 0) is 55.6 Å². The molecule has 1 amide bonds. The Labute approximate surface area is 118 Å². The van der Waals surface area contributed by atoms with Gasteiger partial charge in [0.1, 0.15) is 0 Å². The van der Waals surface area contributed by atoms with Gasteiger partial charge in [-0.1, -0.05) is 18.2 Å². The SMILES string of the molecule is O=C(NC(C1CC1)C1CC1)[C@H]1Cc2ccccc2S1. The van der Waals surface area contributed by atoms with Gasteiger partial charge in [0.15, 0.2) is 0 Å². The van der Waals surface area contributed by atoms with Gasteiger partial charge in [0.2, 0.25) is 5.91 Å². The molecule has 0 aromatic heterocycles. The third-order valence-electron chi connectivity index (χ3n) is 4.51. The van der Waals surface area contributed by atoms with Crippen molar-refractivity contribution in [1.82, 2.24) is 5.32 Å². The van der Waals surface area contributed by atoms with E-state index < -0.39 is 0 Å². The minimum atomic E-state index is 0.0948. The van der Waals surface area contributed by atoms with Crippen LogP contribution in [0, 0.1) is 11.8 Å². The van der Waals surface area contributed by atoms with Crippen LogP contribution in [-0.4, -0.2) is 17.2 Å². The molecule has 19 heavy (non-hydrogen) atoms. The highest BCUT2D eigenvalue weighted by molar-refractivity contribution is 8.01. The first-order chi connectivity index (χ1) is 9.31. The summed E-state index contributed by atoms with van der Waals surface area (Å²) in [6.07, 6.45) is 6.17. The Morgan fingerprint density at radius 1 is 1.16 bits per heavy atom. The Morgan fingerprint density at radius 3 is 2.47 bits per heavy atom. The van der Waals surface area contributed by atoms with Crippen molar-refractivity contribution in [3.05, 3.63) is 29.8 Å². The van der Waals surface area contributed by atoms with Gasteiger partial charge in [-0.3, -0.25) is 4.79 Å². The van der Waals surface area contributed by atoms with Crippen molar-refractivity contribution in [2.75, 3.05) is 0 Å². The summed E-state index contributed by atoms with van der Waals surface area (Å²) in [5.74, 6) is 1.83. The summed E-state index contributed by atoms with van der Waals surface area (Å²) in [5.41, 5.74) is 1.34. The fourth-order valence-corrected chi connectivity index (χ4v) is 4.32. The van der Waals surface area contributed by atoms with Crippen LogP contribution < -0.4 is 5.32 Å². The quantitative estimate of drug-likeness (QED) is 0.913. The van der Waals surface area contributed by atoms with Crippen LogP contribution in [0.3, 0.4) is 0 Å². The summed E-state index contributed by atoms with van der Waals surface area (Å²) in [6.45, 7) is 0. The molecule has 1 aliphatic heterocycles. The number of amides is 1. The van der Waals surface area contributed by atoms with E-state index in [9.17, 15) is 4.79 Å². The smallest absolute Gasteiger partial charge is 0.234 e. The van der Waals surface area contributed by atoms with Crippen LogP contribution in [0.25, 0.3) is 0 Å². The molecule has 2 aliphatic carbocycles. The van der Waals surface area contributed by atoms with Crippen LogP contribution in [-0.2, 0) is 11.2 Å². The molecule has 1 heterocycles. The van der Waals surface area contributed by atoms with Crippen molar-refractivity contribution in [2.45, 2.75) is 48.3 Å². The molecule has 2 nitrogen and oxygen atoms in total. The van der Waals surface area contributed by atoms with Crippen molar-refractivity contribution in [1.29, 1.82) is 0 Å². The van der Waals surface area contributed by atoms with E-state index in [2.05, 4.69) is 29.6 Å². The third kappa shape index (κ3) is 2.40. The summed E-state index contributed by atoms with van der Waals surface area (Å²) in [7, 11) is 0. The minimum absolute atomic E-state index is 0.0948. The molecule has 0 bridgehead atoms. The standard InChI is InChI=1S/C16H19NOS/c18-16(17-15(10-5-6-10)11-7-8-11)14-9-12-3-1-2-4-13(12)19-14/h1-4,10-11,14-15H,5-9H2,(H,17,18)/t14-/m1/s1. The van der Waals surface area contributed by atoms with Gasteiger partial charge in [-0.2, -0.15) is 0 Å². The van der Waals surface area contributed by atoms with Gasteiger partial charge in [0.25, 0.3) is 0 Å². The van der Waals surface area contributed by atoms with Crippen LogP contribution in [0.1, 0.15) is 31.2 Å². The normalized spacial score (nSPS) is 25.4. The predicted octanol–water partition coefficient (Wildman–Crippen LogP) is 3.01. The zero-order chi connectivity index (χ0) is 12.8. The van der Waals surface area contributed by atoms with E-state index in [1.54, 1.807) is 11.8 Å². The number of nitrogens with one attached hydrogen (secondary N) is 1. The van der Waals surface area contributed by atoms with Crippen LogP contribution in [0.2, 0.25) is 0 Å². The van der Waals surface area contributed by atoms with Gasteiger partial charge < -0.3 is 5.32 Å². The number of fused-ring (bicyclic) bond motifs is 1. The van der Waals surface area contributed by atoms with E-state index in [-0.39, 0.29) is 11.2 Å². The highest BCUT2D eigenvalue weighted by atomic mass is 32.2. The maximum atomic E-state index is 12.5. The first-order valence-corrected chi connectivity index (χ1v) is 8.24. The fraction of sp³-hybridized carbons (Fsp3) is 0.562. The molecular weight excluding hydrogens is 254 g/mol. The Morgan fingerprint density at radius 2 is 1.84 bits per heavy atom. The van der Waals surface area contributed by atoms with Gasteiger partial charge in [-0.25, -0.2) is 0 Å². The monoisotopic (exact) mass is 273 g/mol. The predicted molar refractivity (Wildman–Crippen MR) is 77.2 cm³/mol. The topological polar surface area (TPSA) is 29.1 Å². The van der Waals surface area contributed by atoms with E-state index >= 15 is 0 Å². The third-order valence-corrected chi connectivity index (χ3v) is 5.83. The van der Waals surface area contributed by atoms with Crippen molar-refractivity contribution < 1.29 is 4.79 Å². The number of rotatable bonds is 4. The van der Waals surface area contributed by atoms with Crippen LogP contribution in [0.5, 0.6) is 0 Å². The van der Waals surface area contributed by atoms with E-state index in [0.29, 0.717) is 6.04 Å². The van der Waals surface area contributed by atoms with Gasteiger partial charge in [0, 0.05) is 10.9 Å². The molecule has 3 heteroatoms. The molecule has 3 aliphatic rings. The largest absolute Gasteiger partial charge is 0.352 e. The van der Waals surface area contributed by atoms with Crippen molar-refractivity contribution in [3.8, 4) is 0 Å². The van der Waals surface area contributed by atoms with Gasteiger partial charge in [0.05, 0.1) is 5.25 Å². The summed E-state index contributed by atoms with van der Waals surface area (Å²) in [4.78, 5) is 13.7. The van der Waals surface area contributed by atoms with Crippen molar-refractivity contribution in [2.24, 2.45) is 11.8 Å². The summed E-state index contributed by atoms with van der Waals surface area (Å²) in [5, 5.41) is 3.45. The summed E-state index contributed by atoms with van der Waals surface area (Å²) >= 11 is 1.74. The van der Waals surface area contributed by atoms with E-state index in [1.165, 1.54) is 36.1 Å². The number of carbonyl (C=O) groups excluding carboxylic acids is 1. The Balaban J connectivity index is 1.41. The van der Waals surface area contributed by atoms with Crippen molar-refractivity contribution >= 4 is 17.7 Å². The minimum Gasteiger partial charge on any atom is -0.352 e. The maximum Gasteiger partial charge on any atom is 0.234 e. The molecule has 4 rings (SSSR count). The lowest BCUT2D eigenvalue weighted by Crippen LogP contribution is -2.42. The maximum absolute atomic E-state index is 12.5. The number of hydrogen-bond acceptors (Lipinski definition) is 2. The lowest BCUT2D eigenvalue weighted by Gasteiger charge is -2.19. The first kappa shape index (κ1) is 11.8. The number of carbonyl (C=O) groups is 1. The second kappa shape index (κ2) is 4.55. The Hall–Kier alpha value is -0.960. The second-order valence-corrected chi connectivity index (χ2v) is 7.37. The van der Waals surface area contributed by atoms with Crippen molar-refractivity contribution in [3.63, 3.8) is 0 Å². The zero-order valence-electron chi connectivity index (χ0n) is 11.0. The molecular formula is C16H19NOS. The van der Waals surface area contributed by atoms with E-state index in [0.717, 1.165) is 18.3 Å². The van der Waals surface area contributed by atoms with E-state index in [4.69, 9.17) is 0 Å². The molecule has 2 fully saturated rings. The average molecular weight is 273 g/mol. The Bertz CT molecular complexity index is 470. The number of thioether (sulfide) groups is 1. The molecule has 1 aromatic carbocycles. The second-order valence-electron chi connectivity index (χ2n) is 6.13. The average Bonchev–Trinajstić information content (AvgIpc) is 3.32. The highest BCUT2D eigenvalue weighted by Crippen LogP contribution is 2.45. The molecule has 2 saturated carbocycles. The summed E-state index contributed by atoms with van der Waals surface area (Å²) in [6, 6.07) is 8.89. The van der Waals surface area contributed by atoms with Crippen LogP contribution >= 0.6 is 11.8 Å². The zero-order valence-corrected chi connectivity index (χ0v) is 11.8. The fourth-order valence-electron chi connectivity index (χ4n) is 3.12. The summed E-state index contributed by atoms with van der Waals surface area (Å²) < 4.78 is 0. The van der Waals surface area contributed by atoms with E-state index in [1.807, 2.05) is 0 Å². The van der Waals surface area contributed by atoms with Crippen LogP contribution in [0.15, 0.2) is 29.2 Å². The van der Waals surface area contributed by atoms with Gasteiger partial charge in [-0.15, -0.1) is 11.8 Å². The van der Waals surface area contributed by atoms with Gasteiger partial charge >= 0.3 is 0 Å². The first-order valence-electron chi connectivity index (χ1n) is 7.36. The molecule has 0 saturated heterocycles. The Kier molecular flexibility index (Phi) is 2.83. The highest BCUT2D eigenvalue weighted by Gasteiger charge is 2.43. The lowest BCUT2D eigenvalue weighted by molar-refractivity contribution is -0.121. The molecule has 0 spiro atoms. The molecule has 0 radical (unpaired) electrons. The molecule has 1 N–H and O–H groups in total. The van der Waals surface area contributed by atoms with Crippen LogP contribution in [0.4, 0.5) is 0 Å². The number of hydrogen-bond donors (Lipinski definition) is 1. The number of benzene rings is 1.